The van der Waals surface area contributed by atoms with Crippen LogP contribution in [0.5, 0.6) is 0 Å². The van der Waals surface area contributed by atoms with E-state index in [1.165, 1.54) is 0 Å². The minimum absolute atomic E-state index is 0.0844. The normalized spacial score (nSPS) is 23.2. The summed E-state index contributed by atoms with van der Waals surface area (Å²) in [5.41, 5.74) is 0. The van der Waals surface area contributed by atoms with Gasteiger partial charge in [0.15, 0.2) is 5.82 Å². The Kier molecular flexibility index (Phi) is 3.33. The molecule has 1 saturated heterocycles. The second-order valence-corrected chi connectivity index (χ2v) is 3.73. The Morgan fingerprint density at radius 1 is 1.47 bits per heavy atom. The van der Waals surface area contributed by atoms with Crippen molar-refractivity contribution >= 4 is 0 Å². The third kappa shape index (κ3) is 2.18. The number of hydrogen-bond donors (Lipinski definition) is 0. The Hall–Kier alpha value is -0.940. The summed E-state index contributed by atoms with van der Waals surface area (Å²) in [6.45, 7) is 8.96. The molecule has 0 spiro atoms. The molecule has 0 aliphatic carbocycles. The Morgan fingerprint density at radius 2 is 2.33 bits per heavy atom. The highest BCUT2D eigenvalue weighted by molar-refractivity contribution is 4.94. The van der Waals surface area contributed by atoms with E-state index in [9.17, 15) is 0 Å². The molecular formula is C10H18N4O. The first-order valence-electron chi connectivity index (χ1n) is 5.56. The lowest BCUT2D eigenvalue weighted by Gasteiger charge is -2.31. The summed E-state index contributed by atoms with van der Waals surface area (Å²) in [5.74, 6) is 0.954. The number of aromatic nitrogens is 3. The van der Waals surface area contributed by atoms with E-state index in [1.54, 1.807) is 6.33 Å². The molecule has 1 aromatic rings. The number of hydrogen-bond acceptors (Lipinski definition) is 4. The predicted octanol–water partition coefficient (Wildman–Crippen LogP) is 0.691. The highest BCUT2D eigenvalue weighted by atomic mass is 16.5. The van der Waals surface area contributed by atoms with Crippen molar-refractivity contribution in [2.45, 2.75) is 26.5 Å². The van der Waals surface area contributed by atoms with E-state index in [4.69, 9.17) is 4.74 Å². The molecule has 5 nitrogen and oxygen atoms in total. The first-order chi connectivity index (χ1) is 7.35. The van der Waals surface area contributed by atoms with Crippen LogP contribution in [0.15, 0.2) is 6.33 Å². The number of ether oxygens (including phenoxy) is 1. The fourth-order valence-electron chi connectivity index (χ4n) is 1.90. The van der Waals surface area contributed by atoms with Gasteiger partial charge in [0.25, 0.3) is 0 Å². The molecule has 0 amide bonds. The fourth-order valence-corrected chi connectivity index (χ4v) is 1.90. The molecule has 2 rings (SSSR count). The van der Waals surface area contributed by atoms with E-state index in [0.29, 0.717) is 0 Å². The summed E-state index contributed by atoms with van der Waals surface area (Å²) in [6.07, 6.45) is 1.85. The summed E-state index contributed by atoms with van der Waals surface area (Å²) in [7, 11) is 0. The lowest BCUT2D eigenvalue weighted by Crippen LogP contribution is -2.38. The quantitative estimate of drug-likeness (QED) is 0.736. The molecular weight excluding hydrogens is 192 g/mol. The van der Waals surface area contributed by atoms with Crippen LogP contribution in [0.1, 0.15) is 25.8 Å². The number of nitrogens with zero attached hydrogens (tertiary/aromatic N) is 4. The second kappa shape index (κ2) is 4.72. The zero-order valence-corrected chi connectivity index (χ0v) is 9.39. The molecule has 1 atom stereocenters. The molecule has 15 heavy (non-hydrogen) atoms. The summed E-state index contributed by atoms with van der Waals surface area (Å²) in [4.78, 5) is 2.38. The smallest absolute Gasteiger partial charge is 0.163 e. The predicted molar refractivity (Wildman–Crippen MR) is 56.5 cm³/mol. The zero-order chi connectivity index (χ0) is 10.7. The standard InChI is InChI=1S/C10H18N4O/c1-3-13-5-6-15-9(7-13)10-12-11-8-14(10)4-2/h8-9H,3-7H2,1-2H3/t9-/m0/s1. The van der Waals surface area contributed by atoms with Crippen molar-refractivity contribution in [1.29, 1.82) is 0 Å². The van der Waals surface area contributed by atoms with E-state index in [-0.39, 0.29) is 6.10 Å². The number of morpholine rings is 1. The van der Waals surface area contributed by atoms with Crippen molar-refractivity contribution in [3.63, 3.8) is 0 Å². The SMILES string of the molecule is CCN1CCO[C@H](c2nncn2CC)C1. The average molecular weight is 210 g/mol. The maximum atomic E-state index is 5.73. The minimum Gasteiger partial charge on any atom is -0.368 e. The molecule has 1 fully saturated rings. The molecule has 1 aliphatic rings. The van der Waals surface area contributed by atoms with Crippen LogP contribution >= 0.6 is 0 Å². The Labute approximate surface area is 90.0 Å². The van der Waals surface area contributed by atoms with Gasteiger partial charge in [0, 0.05) is 19.6 Å². The van der Waals surface area contributed by atoms with Gasteiger partial charge in [-0.15, -0.1) is 10.2 Å². The molecule has 0 saturated carbocycles. The van der Waals surface area contributed by atoms with Crippen LogP contribution in [-0.4, -0.2) is 45.9 Å². The highest BCUT2D eigenvalue weighted by Crippen LogP contribution is 2.19. The van der Waals surface area contributed by atoms with E-state index in [0.717, 1.165) is 38.6 Å². The summed E-state index contributed by atoms with van der Waals surface area (Å²) < 4.78 is 7.78. The Bertz CT molecular complexity index is 312. The first kappa shape index (κ1) is 10.6. The van der Waals surface area contributed by atoms with Crippen LogP contribution in [0.4, 0.5) is 0 Å². The van der Waals surface area contributed by atoms with Gasteiger partial charge < -0.3 is 9.30 Å². The van der Waals surface area contributed by atoms with Crippen molar-refractivity contribution in [3.05, 3.63) is 12.2 Å². The number of rotatable bonds is 3. The maximum Gasteiger partial charge on any atom is 0.163 e. The molecule has 0 aromatic carbocycles. The molecule has 5 heteroatoms. The maximum absolute atomic E-state index is 5.73. The van der Waals surface area contributed by atoms with E-state index in [2.05, 4.69) is 28.9 Å². The third-order valence-corrected chi connectivity index (χ3v) is 2.87. The van der Waals surface area contributed by atoms with Crippen LogP contribution in [-0.2, 0) is 11.3 Å². The summed E-state index contributed by atoms with van der Waals surface area (Å²) >= 11 is 0. The van der Waals surface area contributed by atoms with Crippen LogP contribution in [0.3, 0.4) is 0 Å². The van der Waals surface area contributed by atoms with Gasteiger partial charge >= 0.3 is 0 Å². The van der Waals surface area contributed by atoms with Gasteiger partial charge in [-0.25, -0.2) is 0 Å². The van der Waals surface area contributed by atoms with Crippen LogP contribution in [0.2, 0.25) is 0 Å². The van der Waals surface area contributed by atoms with E-state index >= 15 is 0 Å². The van der Waals surface area contributed by atoms with Crippen LogP contribution in [0.25, 0.3) is 0 Å². The van der Waals surface area contributed by atoms with Gasteiger partial charge in [-0.3, -0.25) is 4.90 Å². The van der Waals surface area contributed by atoms with E-state index in [1.807, 2.05) is 4.57 Å². The van der Waals surface area contributed by atoms with Gasteiger partial charge in [-0.2, -0.15) is 0 Å². The summed E-state index contributed by atoms with van der Waals surface area (Å²) in [6, 6.07) is 0. The van der Waals surface area contributed by atoms with Crippen LogP contribution in [0, 0.1) is 0 Å². The number of aryl methyl sites for hydroxylation is 1. The van der Waals surface area contributed by atoms with Crippen molar-refractivity contribution in [2.75, 3.05) is 26.2 Å². The molecule has 0 N–H and O–H groups in total. The molecule has 1 aromatic heterocycles. The van der Waals surface area contributed by atoms with Crippen molar-refractivity contribution < 1.29 is 4.74 Å². The van der Waals surface area contributed by atoms with Gasteiger partial charge in [-0.05, 0) is 13.5 Å². The second-order valence-electron chi connectivity index (χ2n) is 3.73. The van der Waals surface area contributed by atoms with E-state index < -0.39 is 0 Å². The van der Waals surface area contributed by atoms with Crippen molar-refractivity contribution in [1.82, 2.24) is 19.7 Å². The van der Waals surface area contributed by atoms with Gasteiger partial charge in [0.1, 0.15) is 12.4 Å². The van der Waals surface area contributed by atoms with Gasteiger partial charge in [-0.1, -0.05) is 6.92 Å². The Balaban J connectivity index is 2.09. The van der Waals surface area contributed by atoms with Crippen molar-refractivity contribution in [2.24, 2.45) is 0 Å². The minimum atomic E-state index is 0.0844. The zero-order valence-electron chi connectivity index (χ0n) is 9.39. The molecule has 0 bridgehead atoms. The first-order valence-corrected chi connectivity index (χ1v) is 5.56. The average Bonchev–Trinajstić information content (AvgIpc) is 2.77. The summed E-state index contributed by atoms with van der Waals surface area (Å²) in [5, 5.41) is 8.07. The third-order valence-electron chi connectivity index (χ3n) is 2.87. The molecule has 2 heterocycles. The van der Waals surface area contributed by atoms with Gasteiger partial charge in [0.05, 0.1) is 6.61 Å². The fraction of sp³-hybridized carbons (Fsp3) is 0.800. The highest BCUT2D eigenvalue weighted by Gasteiger charge is 2.24. The lowest BCUT2D eigenvalue weighted by atomic mass is 10.2. The van der Waals surface area contributed by atoms with Crippen molar-refractivity contribution in [3.8, 4) is 0 Å². The monoisotopic (exact) mass is 210 g/mol. The van der Waals surface area contributed by atoms with Crippen LogP contribution < -0.4 is 0 Å². The lowest BCUT2D eigenvalue weighted by molar-refractivity contribution is -0.0342. The molecule has 1 aliphatic heterocycles. The molecule has 84 valence electrons. The van der Waals surface area contributed by atoms with Gasteiger partial charge in [0.2, 0.25) is 0 Å². The number of likely N-dealkylation sites (N-methyl/N-ethyl adjacent to an activating group) is 1. The molecule has 0 unspecified atom stereocenters. The largest absolute Gasteiger partial charge is 0.368 e. The topological polar surface area (TPSA) is 43.2 Å². The Morgan fingerprint density at radius 3 is 3.07 bits per heavy atom. The molecule has 0 radical (unpaired) electrons.